The lowest BCUT2D eigenvalue weighted by molar-refractivity contribution is 0.404. The zero-order valence-electron chi connectivity index (χ0n) is 18.6. The van der Waals surface area contributed by atoms with Crippen LogP contribution >= 0.6 is 11.9 Å². The van der Waals surface area contributed by atoms with Gasteiger partial charge in [-0.1, -0.05) is 18.1 Å². The molecule has 2 heterocycles. The van der Waals surface area contributed by atoms with Crippen LogP contribution in [-0.4, -0.2) is 36.2 Å². The van der Waals surface area contributed by atoms with E-state index in [1.807, 2.05) is 42.3 Å². The number of hydrogen-bond acceptors (Lipinski definition) is 8. The summed E-state index contributed by atoms with van der Waals surface area (Å²) in [7, 11) is 5.23. The van der Waals surface area contributed by atoms with Gasteiger partial charge in [-0.15, -0.1) is 0 Å². The molecule has 2 aromatic carbocycles. The average Bonchev–Trinajstić information content (AvgIpc) is 3.43. The molecule has 0 aliphatic carbocycles. The minimum Gasteiger partial charge on any atom is -0.496 e. The molecule has 0 fully saturated rings. The van der Waals surface area contributed by atoms with Crippen molar-refractivity contribution in [2.45, 2.75) is 31.3 Å². The SMILES string of the molecule is CCc1ccc(OC)c(SNc2noc3cc(Cn4cc(CNC)cn4)cc(OC)c23)c1. The molecule has 0 aliphatic heterocycles. The van der Waals surface area contributed by atoms with Crippen molar-refractivity contribution >= 4 is 28.7 Å². The summed E-state index contributed by atoms with van der Waals surface area (Å²) < 4.78 is 22.0. The Bertz CT molecular complexity index is 1200. The van der Waals surface area contributed by atoms with Crippen LogP contribution in [0.3, 0.4) is 0 Å². The second kappa shape index (κ2) is 9.97. The Kier molecular flexibility index (Phi) is 6.87. The van der Waals surface area contributed by atoms with Crippen molar-refractivity contribution in [2.24, 2.45) is 0 Å². The Hall–Kier alpha value is -3.17. The van der Waals surface area contributed by atoms with Gasteiger partial charge in [0.15, 0.2) is 11.4 Å². The summed E-state index contributed by atoms with van der Waals surface area (Å²) in [6.45, 7) is 3.51. The Morgan fingerprint density at radius 2 is 1.91 bits per heavy atom. The van der Waals surface area contributed by atoms with Crippen LogP contribution in [0, 0.1) is 0 Å². The highest BCUT2D eigenvalue weighted by Crippen LogP contribution is 2.37. The number of aromatic nitrogens is 3. The van der Waals surface area contributed by atoms with Crippen molar-refractivity contribution in [1.29, 1.82) is 0 Å². The summed E-state index contributed by atoms with van der Waals surface area (Å²) in [4.78, 5) is 0.981. The zero-order chi connectivity index (χ0) is 22.5. The van der Waals surface area contributed by atoms with E-state index in [4.69, 9.17) is 14.0 Å². The van der Waals surface area contributed by atoms with E-state index >= 15 is 0 Å². The maximum Gasteiger partial charge on any atom is 0.191 e. The fourth-order valence-electron chi connectivity index (χ4n) is 3.51. The van der Waals surface area contributed by atoms with Gasteiger partial charge < -0.3 is 24.0 Å². The van der Waals surface area contributed by atoms with E-state index in [0.717, 1.165) is 40.1 Å². The lowest BCUT2D eigenvalue weighted by Gasteiger charge is -2.11. The molecule has 168 valence electrons. The van der Waals surface area contributed by atoms with Crippen LogP contribution in [0.1, 0.15) is 23.6 Å². The standard InChI is InChI=1S/C23H27N5O3S/c1-5-15-6-7-18(29-3)21(10-15)32-27-23-22-19(30-4)8-16(9-20(22)31-26-23)13-28-14-17(11-24-2)12-25-28/h6-10,12,14,24H,5,11,13H2,1-4H3,(H,26,27). The van der Waals surface area contributed by atoms with Crippen molar-refractivity contribution < 1.29 is 14.0 Å². The molecule has 9 heteroatoms. The van der Waals surface area contributed by atoms with Crippen LogP contribution in [0.4, 0.5) is 5.82 Å². The van der Waals surface area contributed by atoms with Crippen molar-refractivity contribution in [3.8, 4) is 11.5 Å². The van der Waals surface area contributed by atoms with E-state index in [-0.39, 0.29) is 0 Å². The normalized spacial score (nSPS) is 11.1. The molecule has 2 N–H and O–H groups in total. The molecule has 0 radical (unpaired) electrons. The van der Waals surface area contributed by atoms with Gasteiger partial charge >= 0.3 is 0 Å². The summed E-state index contributed by atoms with van der Waals surface area (Å²) in [6, 6.07) is 10.1. The fourth-order valence-corrected chi connectivity index (χ4v) is 4.32. The van der Waals surface area contributed by atoms with Crippen molar-refractivity contribution in [3.05, 3.63) is 59.4 Å². The molecule has 0 aliphatic rings. The minimum atomic E-state index is 0.604. The highest BCUT2D eigenvalue weighted by molar-refractivity contribution is 8.00. The summed E-state index contributed by atoms with van der Waals surface area (Å²) in [6.07, 6.45) is 4.84. The highest BCUT2D eigenvalue weighted by atomic mass is 32.2. The molecule has 0 spiro atoms. The van der Waals surface area contributed by atoms with Gasteiger partial charge in [0.05, 0.1) is 31.9 Å². The number of ether oxygens (including phenoxy) is 2. The predicted octanol–water partition coefficient (Wildman–Crippen LogP) is 4.49. The first kappa shape index (κ1) is 22.0. The predicted molar refractivity (Wildman–Crippen MR) is 127 cm³/mol. The molecule has 0 atom stereocenters. The van der Waals surface area contributed by atoms with Gasteiger partial charge in [0.2, 0.25) is 0 Å². The Morgan fingerprint density at radius 1 is 1.06 bits per heavy atom. The van der Waals surface area contributed by atoms with Gasteiger partial charge in [-0.05, 0) is 60.8 Å². The first-order valence-corrected chi connectivity index (χ1v) is 11.2. The van der Waals surface area contributed by atoms with E-state index in [0.29, 0.717) is 23.7 Å². The van der Waals surface area contributed by atoms with E-state index in [1.54, 1.807) is 14.2 Å². The number of rotatable bonds is 10. The Labute approximate surface area is 191 Å². The van der Waals surface area contributed by atoms with E-state index < -0.39 is 0 Å². The number of nitrogens with zero attached hydrogens (tertiary/aromatic N) is 3. The molecule has 0 bridgehead atoms. The summed E-state index contributed by atoms with van der Waals surface area (Å²) >= 11 is 1.43. The summed E-state index contributed by atoms with van der Waals surface area (Å²) in [5.74, 6) is 2.10. The maximum atomic E-state index is 5.67. The zero-order valence-corrected chi connectivity index (χ0v) is 19.5. The average molecular weight is 454 g/mol. The number of nitrogens with one attached hydrogen (secondary N) is 2. The van der Waals surface area contributed by atoms with E-state index in [1.165, 1.54) is 17.5 Å². The highest BCUT2D eigenvalue weighted by Gasteiger charge is 2.17. The number of hydrogen-bond donors (Lipinski definition) is 2. The van der Waals surface area contributed by atoms with Crippen LogP contribution in [0.5, 0.6) is 11.5 Å². The van der Waals surface area contributed by atoms with Crippen molar-refractivity contribution in [1.82, 2.24) is 20.3 Å². The number of benzene rings is 2. The quantitative estimate of drug-likeness (QED) is 0.340. The Balaban J connectivity index is 1.57. The molecular formula is C23H27N5O3S. The van der Waals surface area contributed by atoms with Gasteiger partial charge in [-0.25, -0.2) is 0 Å². The first-order chi connectivity index (χ1) is 15.6. The number of methoxy groups -OCH3 is 2. The molecule has 8 nitrogen and oxygen atoms in total. The molecule has 4 aromatic rings. The maximum absolute atomic E-state index is 5.67. The number of fused-ring (bicyclic) bond motifs is 1. The third-order valence-electron chi connectivity index (χ3n) is 5.12. The Morgan fingerprint density at radius 3 is 2.66 bits per heavy atom. The van der Waals surface area contributed by atoms with Gasteiger partial charge in [0.25, 0.3) is 0 Å². The van der Waals surface area contributed by atoms with E-state index in [2.05, 4.69) is 39.4 Å². The number of anilines is 1. The largest absolute Gasteiger partial charge is 0.496 e. The van der Waals surface area contributed by atoms with Gasteiger partial charge in [0, 0.05) is 18.3 Å². The minimum absolute atomic E-state index is 0.604. The molecule has 2 aromatic heterocycles. The van der Waals surface area contributed by atoms with Crippen LogP contribution in [0.15, 0.2) is 52.1 Å². The van der Waals surface area contributed by atoms with Gasteiger partial charge in [-0.3, -0.25) is 4.68 Å². The molecule has 0 saturated heterocycles. The smallest absolute Gasteiger partial charge is 0.191 e. The molecular weight excluding hydrogens is 426 g/mol. The molecule has 0 unspecified atom stereocenters. The topological polar surface area (TPSA) is 86.4 Å². The summed E-state index contributed by atoms with van der Waals surface area (Å²) in [5.41, 5.74) is 4.03. The van der Waals surface area contributed by atoms with Crippen LogP contribution in [-0.2, 0) is 19.5 Å². The van der Waals surface area contributed by atoms with E-state index in [9.17, 15) is 0 Å². The lowest BCUT2D eigenvalue weighted by Crippen LogP contribution is -2.04. The van der Waals surface area contributed by atoms with Crippen LogP contribution in [0.2, 0.25) is 0 Å². The third kappa shape index (κ3) is 4.68. The van der Waals surface area contributed by atoms with Gasteiger partial charge in [0.1, 0.15) is 16.9 Å². The second-order valence-electron chi connectivity index (χ2n) is 7.32. The summed E-state index contributed by atoms with van der Waals surface area (Å²) in [5, 5.41) is 12.6. The molecule has 32 heavy (non-hydrogen) atoms. The monoisotopic (exact) mass is 453 g/mol. The number of aryl methyl sites for hydroxylation is 1. The van der Waals surface area contributed by atoms with Crippen molar-refractivity contribution in [2.75, 3.05) is 26.0 Å². The first-order valence-electron chi connectivity index (χ1n) is 10.4. The fraction of sp³-hybridized carbons (Fsp3) is 0.304. The van der Waals surface area contributed by atoms with Crippen LogP contribution in [0.25, 0.3) is 11.0 Å². The molecule has 4 rings (SSSR count). The lowest BCUT2D eigenvalue weighted by atomic mass is 10.1. The van der Waals surface area contributed by atoms with Crippen molar-refractivity contribution in [3.63, 3.8) is 0 Å². The molecule has 0 amide bonds. The third-order valence-corrected chi connectivity index (χ3v) is 5.96. The van der Waals surface area contributed by atoms with Gasteiger partial charge in [-0.2, -0.15) is 5.10 Å². The second-order valence-corrected chi connectivity index (χ2v) is 8.17. The molecule has 0 saturated carbocycles. The van der Waals surface area contributed by atoms with Crippen LogP contribution < -0.4 is 19.5 Å².